The molecule has 0 radical (unpaired) electrons. The van der Waals surface area contributed by atoms with Gasteiger partial charge in [0.2, 0.25) is 0 Å². The Kier molecular flexibility index (Phi) is 5.66. The lowest BCUT2D eigenvalue weighted by Crippen LogP contribution is -2.47. The number of benzene rings is 2. The molecule has 0 bridgehead atoms. The molecule has 1 aromatic heterocycles. The standard InChI is InChI=1S/C22H25N3O5S/c1-14(25(21(27)28)22(2,3)4)19-23-16-12-9-13-17(31(5,29)30)18(16)20(26)24(19)15-10-7-6-8-11-15/h6-14H,1-5H3,(H,27,28). The van der Waals surface area contributed by atoms with E-state index < -0.39 is 33.1 Å². The summed E-state index contributed by atoms with van der Waals surface area (Å²) in [5.41, 5.74) is -0.681. The van der Waals surface area contributed by atoms with Crippen LogP contribution in [0.15, 0.2) is 58.2 Å². The topological polar surface area (TPSA) is 110 Å². The molecule has 1 N–H and O–H groups in total. The van der Waals surface area contributed by atoms with E-state index in [-0.39, 0.29) is 21.6 Å². The van der Waals surface area contributed by atoms with E-state index in [9.17, 15) is 23.1 Å². The fourth-order valence-electron chi connectivity index (χ4n) is 3.78. The first-order chi connectivity index (χ1) is 14.3. The zero-order valence-electron chi connectivity index (χ0n) is 18.0. The highest BCUT2D eigenvalue weighted by Gasteiger charge is 2.35. The molecule has 1 unspecified atom stereocenters. The number of fused-ring (bicyclic) bond motifs is 1. The van der Waals surface area contributed by atoms with Gasteiger partial charge in [-0.15, -0.1) is 0 Å². The van der Waals surface area contributed by atoms with Crippen molar-refractivity contribution in [2.45, 2.75) is 44.2 Å². The smallest absolute Gasteiger partial charge is 0.408 e. The Bertz CT molecular complexity index is 1310. The van der Waals surface area contributed by atoms with Gasteiger partial charge in [-0.25, -0.2) is 18.2 Å². The van der Waals surface area contributed by atoms with Gasteiger partial charge in [-0.3, -0.25) is 14.3 Å². The molecule has 0 aliphatic heterocycles. The van der Waals surface area contributed by atoms with Crippen LogP contribution in [0.5, 0.6) is 0 Å². The van der Waals surface area contributed by atoms with Crippen LogP contribution in [0.3, 0.4) is 0 Å². The average molecular weight is 444 g/mol. The molecule has 164 valence electrons. The third-order valence-corrected chi connectivity index (χ3v) is 6.13. The molecular formula is C22H25N3O5S. The fraction of sp³-hybridized carbons (Fsp3) is 0.318. The molecule has 1 atom stereocenters. The highest BCUT2D eigenvalue weighted by atomic mass is 32.2. The number of hydrogen-bond acceptors (Lipinski definition) is 5. The number of carbonyl (C=O) groups is 1. The quantitative estimate of drug-likeness (QED) is 0.659. The Morgan fingerprint density at radius 1 is 1.10 bits per heavy atom. The highest BCUT2D eigenvalue weighted by molar-refractivity contribution is 7.91. The third kappa shape index (κ3) is 4.18. The van der Waals surface area contributed by atoms with E-state index in [0.717, 1.165) is 6.26 Å². The maximum absolute atomic E-state index is 13.7. The summed E-state index contributed by atoms with van der Waals surface area (Å²) in [5.74, 6) is 0.201. The number of sulfone groups is 1. The van der Waals surface area contributed by atoms with E-state index in [1.165, 1.54) is 21.6 Å². The lowest BCUT2D eigenvalue weighted by Gasteiger charge is -2.38. The highest BCUT2D eigenvalue weighted by Crippen LogP contribution is 2.29. The second kappa shape index (κ2) is 7.81. The van der Waals surface area contributed by atoms with Crippen molar-refractivity contribution in [1.29, 1.82) is 0 Å². The zero-order valence-corrected chi connectivity index (χ0v) is 18.8. The number of para-hydroxylation sites is 1. The van der Waals surface area contributed by atoms with Crippen molar-refractivity contribution in [3.8, 4) is 5.69 Å². The number of aromatic nitrogens is 2. The number of carboxylic acid groups (broad SMARTS) is 1. The van der Waals surface area contributed by atoms with Crippen molar-refractivity contribution in [2.75, 3.05) is 6.26 Å². The van der Waals surface area contributed by atoms with Gasteiger partial charge in [0.1, 0.15) is 5.82 Å². The summed E-state index contributed by atoms with van der Waals surface area (Å²) in [6, 6.07) is 12.3. The first kappa shape index (κ1) is 22.5. The molecule has 1 heterocycles. The van der Waals surface area contributed by atoms with Crippen molar-refractivity contribution in [3.63, 3.8) is 0 Å². The van der Waals surface area contributed by atoms with E-state index in [4.69, 9.17) is 0 Å². The lowest BCUT2D eigenvalue weighted by atomic mass is 10.0. The summed E-state index contributed by atoms with van der Waals surface area (Å²) in [7, 11) is -3.69. The van der Waals surface area contributed by atoms with E-state index in [1.807, 2.05) is 0 Å². The molecule has 3 rings (SSSR count). The van der Waals surface area contributed by atoms with Crippen molar-refractivity contribution >= 4 is 26.8 Å². The van der Waals surface area contributed by atoms with E-state index in [2.05, 4.69) is 4.98 Å². The number of amides is 1. The Morgan fingerprint density at radius 2 is 1.71 bits per heavy atom. The van der Waals surface area contributed by atoms with Gasteiger partial charge in [-0.2, -0.15) is 0 Å². The van der Waals surface area contributed by atoms with Gasteiger partial charge in [0.15, 0.2) is 9.84 Å². The van der Waals surface area contributed by atoms with Crippen molar-refractivity contribution in [1.82, 2.24) is 14.5 Å². The second-order valence-corrected chi connectivity index (χ2v) is 10.4. The second-order valence-electron chi connectivity index (χ2n) is 8.37. The molecule has 3 aromatic rings. The molecule has 2 aromatic carbocycles. The monoisotopic (exact) mass is 443 g/mol. The van der Waals surface area contributed by atoms with Gasteiger partial charge in [0.05, 0.1) is 27.5 Å². The largest absolute Gasteiger partial charge is 0.465 e. The van der Waals surface area contributed by atoms with Crippen LogP contribution in [-0.4, -0.2) is 45.9 Å². The van der Waals surface area contributed by atoms with Gasteiger partial charge in [0, 0.05) is 11.8 Å². The van der Waals surface area contributed by atoms with Gasteiger partial charge in [-0.05, 0) is 52.0 Å². The van der Waals surface area contributed by atoms with Crippen molar-refractivity contribution < 1.29 is 18.3 Å². The summed E-state index contributed by atoms with van der Waals surface area (Å²) >= 11 is 0. The van der Waals surface area contributed by atoms with Crippen LogP contribution in [0.4, 0.5) is 4.79 Å². The number of nitrogens with zero attached hydrogens (tertiary/aromatic N) is 3. The SMILES string of the molecule is CC(c1nc2cccc(S(C)(=O)=O)c2c(=O)n1-c1ccccc1)N(C(=O)O)C(C)(C)C. The molecule has 0 saturated carbocycles. The molecule has 1 amide bonds. The molecule has 0 fully saturated rings. The predicted molar refractivity (Wildman–Crippen MR) is 118 cm³/mol. The minimum Gasteiger partial charge on any atom is -0.465 e. The van der Waals surface area contributed by atoms with Crippen LogP contribution in [-0.2, 0) is 9.84 Å². The van der Waals surface area contributed by atoms with Crippen molar-refractivity contribution in [3.05, 3.63) is 64.7 Å². The molecule has 9 heteroatoms. The molecule has 0 aliphatic carbocycles. The lowest BCUT2D eigenvalue weighted by molar-refractivity contribution is 0.0719. The predicted octanol–water partition coefficient (Wildman–Crippen LogP) is 3.63. The summed E-state index contributed by atoms with van der Waals surface area (Å²) in [5, 5.41) is 9.84. The molecule has 0 aliphatic rings. The first-order valence-corrected chi connectivity index (χ1v) is 11.6. The Hall–Kier alpha value is -3.20. The molecule has 0 saturated heterocycles. The molecular weight excluding hydrogens is 418 g/mol. The van der Waals surface area contributed by atoms with Crippen LogP contribution >= 0.6 is 0 Å². The molecule has 31 heavy (non-hydrogen) atoms. The van der Waals surface area contributed by atoms with Gasteiger partial charge >= 0.3 is 6.09 Å². The maximum Gasteiger partial charge on any atom is 0.408 e. The van der Waals surface area contributed by atoms with E-state index in [1.54, 1.807) is 64.1 Å². The Balaban J connectivity index is 2.47. The summed E-state index contributed by atoms with van der Waals surface area (Å²) < 4.78 is 26.0. The minimum atomic E-state index is -3.69. The zero-order chi connectivity index (χ0) is 23.1. The van der Waals surface area contributed by atoms with Gasteiger partial charge in [0.25, 0.3) is 5.56 Å². The minimum absolute atomic E-state index is 0.0255. The summed E-state index contributed by atoms with van der Waals surface area (Å²) in [6.45, 7) is 6.93. The Labute approximate surface area is 180 Å². The average Bonchev–Trinajstić information content (AvgIpc) is 2.65. The maximum atomic E-state index is 13.7. The Morgan fingerprint density at radius 3 is 2.23 bits per heavy atom. The van der Waals surface area contributed by atoms with Crippen LogP contribution in [0, 0.1) is 0 Å². The van der Waals surface area contributed by atoms with E-state index >= 15 is 0 Å². The first-order valence-electron chi connectivity index (χ1n) is 9.67. The van der Waals surface area contributed by atoms with Crippen LogP contribution in [0.25, 0.3) is 16.6 Å². The van der Waals surface area contributed by atoms with Gasteiger partial charge in [-0.1, -0.05) is 24.3 Å². The summed E-state index contributed by atoms with van der Waals surface area (Å²) in [4.78, 5) is 31.4. The third-order valence-electron chi connectivity index (χ3n) is 4.99. The molecule has 0 spiro atoms. The molecule has 8 nitrogen and oxygen atoms in total. The summed E-state index contributed by atoms with van der Waals surface area (Å²) in [6.07, 6.45) is -0.116. The van der Waals surface area contributed by atoms with Crippen LogP contribution < -0.4 is 5.56 Å². The van der Waals surface area contributed by atoms with Gasteiger partial charge < -0.3 is 5.11 Å². The number of hydrogen-bond donors (Lipinski definition) is 1. The fourth-order valence-corrected chi connectivity index (χ4v) is 4.67. The normalized spacial score (nSPS) is 13.2. The van der Waals surface area contributed by atoms with E-state index in [0.29, 0.717) is 5.69 Å². The number of rotatable bonds is 4. The van der Waals surface area contributed by atoms with Crippen LogP contribution in [0.1, 0.15) is 39.6 Å². The van der Waals surface area contributed by atoms with Crippen molar-refractivity contribution in [2.24, 2.45) is 0 Å². The van der Waals surface area contributed by atoms with Crippen LogP contribution in [0.2, 0.25) is 0 Å².